The van der Waals surface area contributed by atoms with E-state index >= 15 is 0 Å². The van der Waals surface area contributed by atoms with Gasteiger partial charge in [-0.15, -0.1) is 0 Å². The summed E-state index contributed by atoms with van der Waals surface area (Å²) in [6, 6.07) is 5.36. The molecule has 122 valence electrons. The number of hydrogen-bond acceptors (Lipinski definition) is 3. The quantitative estimate of drug-likeness (QED) is 0.858. The molecule has 2 N–H and O–H groups in total. The summed E-state index contributed by atoms with van der Waals surface area (Å²) in [5.74, 6) is 0.991. The van der Waals surface area contributed by atoms with Gasteiger partial charge in [-0.25, -0.2) is 0 Å². The molecule has 1 fully saturated rings. The van der Waals surface area contributed by atoms with Crippen LogP contribution in [0.5, 0.6) is 5.75 Å². The third-order valence-corrected chi connectivity index (χ3v) is 4.91. The molecule has 1 amide bonds. The highest BCUT2D eigenvalue weighted by Gasteiger charge is 2.29. The Morgan fingerprint density at radius 1 is 1.50 bits per heavy atom. The molecule has 1 saturated heterocycles. The Labute approximate surface area is 145 Å². The van der Waals surface area contributed by atoms with E-state index in [2.05, 4.69) is 15.9 Å². The lowest BCUT2D eigenvalue weighted by atomic mass is 9.92. The zero-order valence-corrected chi connectivity index (χ0v) is 15.2. The minimum Gasteiger partial charge on any atom is -0.480 e. The van der Waals surface area contributed by atoms with E-state index in [-0.39, 0.29) is 11.9 Å². The summed E-state index contributed by atoms with van der Waals surface area (Å²) in [7, 11) is 0. The van der Waals surface area contributed by atoms with Gasteiger partial charge in [0.05, 0.1) is 4.47 Å². The van der Waals surface area contributed by atoms with Crippen molar-refractivity contribution in [2.24, 2.45) is 11.7 Å². The molecule has 22 heavy (non-hydrogen) atoms. The molecule has 0 radical (unpaired) electrons. The van der Waals surface area contributed by atoms with Crippen LogP contribution in [-0.2, 0) is 4.79 Å². The Balaban J connectivity index is 1.99. The SMILES string of the molecule is CC(Oc1ccc(Cl)cc1Br)C(=O)N1CCCC(C(C)N)C1. The molecule has 1 aliphatic rings. The molecule has 1 aromatic carbocycles. The number of benzene rings is 1. The number of carbonyl (C=O) groups excluding carboxylic acids is 1. The summed E-state index contributed by atoms with van der Waals surface area (Å²) in [6.45, 7) is 5.27. The molecule has 0 saturated carbocycles. The largest absolute Gasteiger partial charge is 0.480 e. The topological polar surface area (TPSA) is 55.6 Å². The van der Waals surface area contributed by atoms with Crippen molar-refractivity contribution >= 4 is 33.4 Å². The molecule has 1 aromatic rings. The van der Waals surface area contributed by atoms with Crippen molar-refractivity contribution in [3.8, 4) is 5.75 Å². The van der Waals surface area contributed by atoms with Gasteiger partial charge in [0.2, 0.25) is 0 Å². The van der Waals surface area contributed by atoms with Gasteiger partial charge in [0, 0.05) is 24.2 Å². The van der Waals surface area contributed by atoms with Gasteiger partial charge in [0.25, 0.3) is 5.91 Å². The maximum absolute atomic E-state index is 12.6. The molecule has 3 atom stereocenters. The summed E-state index contributed by atoms with van der Waals surface area (Å²) < 4.78 is 6.53. The molecule has 0 aromatic heterocycles. The van der Waals surface area contributed by atoms with Crippen molar-refractivity contribution < 1.29 is 9.53 Å². The van der Waals surface area contributed by atoms with Crippen LogP contribution in [0, 0.1) is 5.92 Å². The van der Waals surface area contributed by atoms with Crippen LogP contribution in [0.15, 0.2) is 22.7 Å². The maximum Gasteiger partial charge on any atom is 0.263 e. The van der Waals surface area contributed by atoms with E-state index in [4.69, 9.17) is 22.1 Å². The van der Waals surface area contributed by atoms with Gasteiger partial charge in [0.15, 0.2) is 6.10 Å². The number of amides is 1. The molecule has 4 nitrogen and oxygen atoms in total. The first-order valence-electron chi connectivity index (χ1n) is 7.54. The van der Waals surface area contributed by atoms with Crippen LogP contribution in [0.3, 0.4) is 0 Å². The zero-order chi connectivity index (χ0) is 16.3. The van der Waals surface area contributed by atoms with Crippen LogP contribution < -0.4 is 10.5 Å². The van der Waals surface area contributed by atoms with Gasteiger partial charge < -0.3 is 15.4 Å². The molecular weight excluding hydrogens is 368 g/mol. The van der Waals surface area contributed by atoms with Crippen LogP contribution >= 0.6 is 27.5 Å². The van der Waals surface area contributed by atoms with E-state index in [0.717, 1.165) is 23.9 Å². The van der Waals surface area contributed by atoms with Gasteiger partial charge in [-0.2, -0.15) is 0 Å². The fraction of sp³-hybridized carbons (Fsp3) is 0.562. The summed E-state index contributed by atoms with van der Waals surface area (Å²) in [5, 5.41) is 0.619. The summed E-state index contributed by atoms with van der Waals surface area (Å²) in [6.07, 6.45) is 1.54. The van der Waals surface area contributed by atoms with Gasteiger partial charge in [-0.05, 0) is 66.7 Å². The molecule has 0 bridgehead atoms. The van der Waals surface area contributed by atoms with Crippen molar-refractivity contribution in [2.45, 2.75) is 38.8 Å². The van der Waals surface area contributed by atoms with Crippen LogP contribution in [0.25, 0.3) is 0 Å². The van der Waals surface area contributed by atoms with E-state index in [1.165, 1.54) is 0 Å². The van der Waals surface area contributed by atoms with Crippen LogP contribution in [-0.4, -0.2) is 36.0 Å². The number of rotatable bonds is 4. The second-order valence-corrected chi connectivity index (χ2v) is 7.17. The van der Waals surface area contributed by atoms with Crippen molar-refractivity contribution in [2.75, 3.05) is 13.1 Å². The normalized spacial score (nSPS) is 21.3. The minimum absolute atomic E-state index is 0.00667. The number of nitrogens with two attached hydrogens (primary N) is 1. The van der Waals surface area contributed by atoms with Gasteiger partial charge in [-0.1, -0.05) is 11.6 Å². The van der Waals surface area contributed by atoms with E-state index < -0.39 is 6.10 Å². The Hall–Kier alpha value is -0.780. The number of carbonyl (C=O) groups is 1. The van der Waals surface area contributed by atoms with Gasteiger partial charge in [-0.3, -0.25) is 4.79 Å². The highest BCUT2D eigenvalue weighted by Crippen LogP contribution is 2.29. The Morgan fingerprint density at radius 3 is 2.86 bits per heavy atom. The standard InChI is InChI=1S/C16H22BrClN2O2/c1-10(19)12-4-3-7-20(9-12)16(21)11(2)22-15-6-5-13(18)8-14(15)17/h5-6,8,10-12H,3-4,7,9,19H2,1-2H3. The molecule has 3 unspecified atom stereocenters. The first kappa shape index (κ1) is 17.6. The number of ether oxygens (including phenoxy) is 1. The van der Waals surface area contributed by atoms with Crippen molar-refractivity contribution in [1.29, 1.82) is 0 Å². The van der Waals surface area contributed by atoms with Gasteiger partial charge >= 0.3 is 0 Å². The number of halogens is 2. The van der Waals surface area contributed by atoms with Crippen molar-refractivity contribution in [3.05, 3.63) is 27.7 Å². The third kappa shape index (κ3) is 4.37. The number of piperidine rings is 1. The van der Waals surface area contributed by atoms with Crippen molar-refractivity contribution in [1.82, 2.24) is 4.90 Å². The summed E-state index contributed by atoms with van der Waals surface area (Å²) in [5.41, 5.74) is 5.98. The average molecular weight is 390 g/mol. The molecule has 0 spiro atoms. The predicted molar refractivity (Wildman–Crippen MR) is 92.2 cm³/mol. The van der Waals surface area contributed by atoms with E-state index in [1.807, 2.05) is 11.8 Å². The fourth-order valence-corrected chi connectivity index (χ4v) is 3.48. The molecule has 1 heterocycles. The first-order chi connectivity index (χ1) is 10.4. The van der Waals surface area contributed by atoms with E-state index in [0.29, 0.717) is 23.2 Å². The average Bonchev–Trinajstić information content (AvgIpc) is 2.49. The fourth-order valence-electron chi connectivity index (χ4n) is 2.71. The number of hydrogen-bond donors (Lipinski definition) is 1. The molecule has 1 aliphatic heterocycles. The minimum atomic E-state index is -0.538. The van der Waals surface area contributed by atoms with E-state index in [9.17, 15) is 4.79 Å². The van der Waals surface area contributed by atoms with Crippen LogP contribution in [0.1, 0.15) is 26.7 Å². The first-order valence-corrected chi connectivity index (χ1v) is 8.71. The number of likely N-dealkylation sites (tertiary alicyclic amines) is 1. The number of nitrogens with zero attached hydrogens (tertiary/aromatic N) is 1. The smallest absolute Gasteiger partial charge is 0.263 e. The van der Waals surface area contributed by atoms with Crippen LogP contribution in [0.4, 0.5) is 0 Å². The molecular formula is C16H22BrClN2O2. The van der Waals surface area contributed by atoms with E-state index in [1.54, 1.807) is 25.1 Å². The monoisotopic (exact) mass is 388 g/mol. The lowest BCUT2D eigenvalue weighted by molar-refractivity contribution is -0.139. The lowest BCUT2D eigenvalue weighted by Crippen LogP contribution is -2.48. The zero-order valence-electron chi connectivity index (χ0n) is 12.9. The predicted octanol–water partition coefficient (Wildman–Crippen LogP) is 3.46. The summed E-state index contributed by atoms with van der Waals surface area (Å²) in [4.78, 5) is 14.4. The Bertz CT molecular complexity index is 539. The Morgan fingerprint density at radius 2 is 2.23 bits per heavy atom. The summed E-state index contributed by atoms with van der Waals surface area (Å²) >= 11 is 9.31. The highest BCUT2D eigenvalue weighted by molar-refractivity contribution is 9.10. The second kappa shape index (κ2) is 7.66. The maximum atomic E-state index is 12.6. The molecule has 6 heteroatoms. The van der Waals surface area contributed by atoms with Crippen molar-refractivity contribution in [3.63, 3.8) is 0 Å². The molecule has 2 rings (SSSR count). The lowest BCUT2D eigenvalue weighted by Gasteiger charge is -2.35. The third-order valence-electron chi connectivity index (χ3n) is 4.06. The van der Waals surface area contributed by atoms with Crippen LogP contribution in [0.2, 0.25) is 5.02 Å². The molecule has 0 aliphatic carbocycles. The Kier molecular flexibility index (Phi) is 6.12. The highest BCUT2D eigenvalue weighted by atomic mass is 79.9. The van der Waals surface area contributed by atoms with Gasteiger partial charge in [0.1, 0.15) is 5.75 Å². The second-order valence-electron chi connectivity index (χ2n) is 5.88.